The van der Waals surface area contributed by atoms with Crippen LogP contribution in [0.15, 0.2) is 22.7 Å². The second-order valence-corrected chi connectivity index (χ2v) is 5.84. The number of amides is 1. The first-order valence-corrected chi connectivity index (χ1v) is 6.37. The van der Waals surface area contributed by atoms with Gasteiger partial charge in [-0.2, -0.15) is 0 Å². The zero-order valence-corrected chi connectivity index (χ0v) is 12.5. The molecule has 0 aliphatic heterocycles. The minimum Gasteiger partial charge on any atom is -0.444 e. The SMILES string of the molecule is CN(Cc1cccc(F)c1Br)C(=O)OC(C)(C)C. The zero-order valence-electron chi connectivity index (χ0n) is 11.0. The lowest BCUT2D eigenvalue weighted by molar-refractivity contribution is 0.0284. The van der Waals surface area contributed by atoms with Crippen molar-refractivity contribution < 1.29 is 13.9 Å². The first-order valence-electron chi connectivity index (χ1n) is 5.57. The van der Waals surface area contributed by atoms with Crippen LogP contribution in [0.4, 0.5) is 9.18 Å². The summed E-state index contributed by atoms with van der Waals surface area (Å²) in [5.41, 5.74) is 0.160. The van der Waals surface area contributed by atoms with Crippen LogP contribution in [-0.4, -0.2) is 23.6 Å². The molecule has 1 aromatic rings. The number of rotatable bonds is 2. The van der Waals surface area contributed by atoms with Gasteiger partial charge >= 0.3 is 6.09 Å². The molecule has 18 heavy (non-hydrogen) atoms. The van der Waals surface area contributed by atoms with Crippen LogP contribution >= 0.6 is 15.9 Å². The maximum Gasteiger partial charge on any atom is 0.410 e. The molecule has 0 aliphatic carbocycles. The predicted molar refractivity (Wildman–Crippen MR) is 71.8 cm³/mol. The fourth-order valence-electron chi connectivity index (χ4n) is 1.33. The number of halogens is 2. The maximum atomic E-state index is 13.3. The molecule has 0 radical (unpaired) electrons. The van der Waals surface area contributed by atoms with Gasteiger partial charge in [-0.25, -0.2) is 9.18 Å². The molecule has 3 nitrogen and oxygen atoms in total. The summed E-state index contributed by atoms with van der Waals surface area (Å²) < 4.78 is 18.9. The molecular formula is C13H17BrFNO2. The molecule has 5 heteroatoms. The highest BCUT2D eigenvalue weighted by molar-refractivity contribution is 9.10. The summed E-state index contributed by atoms with van der Waals surface area (Å²) in [6.07, 6.45) is -0.432. The Balaban J connectivity index is 2.73. The van der Waals surface area contributed by atoms with Crippen LogP contribution in [0.5, 0.6) is 0 Å². The molecule has 0 fully saturated rings. The van der Waals surface area contributed by atoms with E-state index in [4.69, 9.17) is 4.74 Å². The van der Waals surface area contributed by atoms with Gasteiger partial charge in [-0.3, -0.25) is 0 Å². The first-order chi connectivity index (χ1) is 8.20. The summed E-state index contributed by atoms with van der Waals surface area (Å²) in [5.74, 6) is -0.343. The molecule has 1 rings (SSSR count). The van der Waals surface area contributed by atoms with E-state index in [-0.39, 0.29) is 12.4 Å². The van der Waals surface area contributed by atoms with E-state index >= 15 is 0 Å². The van der Waals surface area contributed by atoms with Crippen LogP contribution in [-0.2, 0) is 11.3 Å². The molecule has 0 unspecified atom stereocenters. The molecule has 0 heterocycles. The van der Waals surface area contributed by atoms with Gasteiger partial charge in [-0.1, -0.05) is 12.1 Å². The van der Waals surface area contributed by atoms with Gasteiger partial charge < -0.3 is 9.64 Å². The van der Waals surface area contributed by atoms with E-state index < -0.39 is 11.7 Å². The van der Waals surface area contributed by atoms with E-state index in [1.165, 1.54) is 11.0 Å². The standard InChI is InChI=1S/C13H17BrFNO2/c1-13(2,3)18-12(17)16(4)8-9-6-5-7-10(15)11(9)14/h5-7H,8H2,1-4H3. The Morgan fingerprint density at radius 3 is 2.61 bits per heavy atom. The highest BCUT2D eigenvalue weighted by Gasteiger charge is 2.20. The Labute approximate surface area is 115 Å². The smallest absolute Gasteiger partial charge is 0.410 e. The molecule has 0 aliphatic rings. The van der Waals surface area contributed by atoms with Crippen LogP contribution in [0.1, 0.15) is 26.3 Å². The van der Waals surface area contributed by atoms with Gasteiger partial charge in [0, 0.05) is 13.6 Å². The molecule has 100 valence electrons. The summed E-state index contributed by atoms with van der Waals surface area (Å²) in [6, 6.07) is 4.73. The van der Waals surface area contributed by atoms with Crippen molar-refractivity contribution in [3.8, 4) is 0 Å². The molecule has 1 aromatic carbocycles. The van der Waals surface area contributed by atoms with Crippen molar-refractivity contribution in [2.45, 2.75) is 32.9 Å². The lowest BCUT2D eigenvalue weighted by atomic mass is 10.2. The van der Waals surface area contributed by atoms with Crippen molar-refractivity contribution in [1.29, 1.82) is 0 Å². The predicted octanol–water partition coefficient (Wildman–Crippen LogP) is 3.96. The highest BCUT2D eigenvalue weighted by atomic mass is 79.9. The third-order valence-electron chi connectivity index (χ3n) is 2.14. The summed E-state index contributed by atoms with van der Waals surface area (Å²) in [4.78, 5) is 13.2. The number of carbonyl (C=O) groups is 1. The normalized spacial score (nSPS) is 11.2. The molecule has 0 spiro atoms. The van der Waals surface area contributed by atoms with Crippen LogP contribution < -0.4 is 0 Å². The summed E-state index contributed by atoms with van der Waals surface area (Å²) in [5, 5.41) is 0. The van der Waals surface area contributed by atoms with Crippen LogP contribution in [0.2, 0.25) is 0 Å². The lowest BCUT2D eigenvalue weighted by Gasteiger charge is -2.25. The second-order valence-electron chi connectivity index (χ2n) is 5.05. The highest BCUT2D eigenvalue weighted by Crippen LogP contribution is 2.22. The van der Waals surface area contributed by atoms with Gasteiger partial charge in [0.05, 0.1) is 4.47 Å². The van der Waals surface area contributed by atoms with Gasteiger partial charge in [-0.05, 0) is 48.3 Å². The van der Waals surface area contributed by atoms with Crippen molar-refractivity contribution in [3.05, 3.63) is 34.1 Å². The minimum absolute atomic E-state index is 0.285. The fourth-order valence-corrected chi connectivity index (χ4v) is 1.72. The maximum absolute atomic E-state index is 13.3. The Kier molecular flexibility index (Phi) is 4.73. The van der Waals surface area contributed by atoms with Gasteiger partial charge in [0.15, 0.2) is 0 Å². The minimum atomic E-state index is -0.537. The van der Waals surface area contributed by atoms with Crippen LogP contribution in [0.3, 0.4) is 0 Å². The molecule has 0 saturated heterocycles. The van der Waals surface area contributed by atoms with Crippen molar-refractivity contribution in [1.82, 2.24) is 4.90 Å². The van der Waals surface area contributed by atoms with Crippen LogP contribution in [0.25, 0.3) is 0 Å². The zero-order chi connectivity index (χ0) is 13.9. The third-order valence-corrected chi connectivity index (χ3v) is 3.03. The van der Waals surface area contributed by atoms with Crippen molar-refractivity contribution in [2.75, 3.05) is 7.05 Å². The molecule has 0 saturated carbocycles. The van der Waals surface area contributed by atoms with E-state index in [1.54, 1.807) is 40.0 Å². The number of hydrogen-bond donors (Lipinski definition) is 0. The van der Waals surface area contributed by atoms with Gasteiger partial charge in [-0.15, -0.1) is 0 Å². The summed E-state index contributed by atoms with van der Waals surface area (Å²) in [6.45, 7) is 5.69. The van der Waals surface area contributed by atoms with Crippen molar-refractivity contribution >= 4 is 22.0 Å². The van der Waals surface area contributed by atoms with Gasteiger partial charge in [0.1, 0.15) is 11.4 Å². The van der Waals surface area contributed by atoms with Crippen LogP contribution in [0, 0.1) is 5.82 Å². The Hall–Kier alpha value is -1.10. The number of ether oxygens (including phenoxy) is 1. The fraction of sp³-hybridized carbons (Fsp3) is 0.462. The molecular weight excluding hydrogens is 301 g/mol. The Morgan fingerprint density at radius 1 is 1.44 bits per heavy atom. The van der Waals surface area contributed by atoms with E-state index in [2.05, 4.69) is 15.9 Å². The molecule has 0 N–H and O–H groups in total. The third kappa shape index (κ3) is 4.29. The van der Waals surface area contributed by atoms with Gasteiger partial charge in [0.25, 0.3) is 0 Å². The molecule has 0 atom stereocenters. The van der Waals surface area contributed by atoms with Crippen molar-refractivity contribution in [3.63, 3.8) is 0 Å². The van der Waals surface area contributed by atoms with E-state index in [0.29, 0.717) is 10.0 Å². The van der Waals surface area contributed by atoms with Gasteiger partial charge in [0.2, 0.25) is 0 Å². The Morgan fingerprint density at radius 2 is 2.06 bits per heavy atom. The summed E-state index contributed by atoms with van der Waals surface area (Å²) >= 11 is 3.17. The first kappa shape index (κ1) is 15.0. The summed E-state index contributed by atoms with van der Waals surface area (Å²) in [7, 11) is 1.62. The second kappa shape index (κ2) is 5.69. The molecule has 1 amide bonds. The van der Waals surface area contributed by atoms with Crippen molar-refractivity contribution in [2.24, 2.45) is 0 Å². The molecule has 0 bridgehead atoms. The quantitative estimate of drug-likeness (QED) is 0.826. The number of hydrogen-bond acceptors (Lipinski definition) is 2. The molecule has 0 aromatic heterocycles. The average Bonchev–Trinajstić information content (AvgIpc) is 2.22. The largest absolute Gasteiger partial charge is 0.444 e. The number of nitrogens with zero attached hydrogens (tertiary/aromatic N) is 1. The van der Waals surface area contributed by atoms with E-state index in [1.807, 2.05) is 0 Å². The van der Waals surface area contributed by atoms with E-state index in [0.717, 1.165) is 0 Å². The number of carbonyl (C=O) groups excluding carboxylic acids is 1. The monoisotopic (exact) mass is 317 g/mol. The van der Waals surface area contributed by atoms with E-state index in [9.17, 15) is 9.18 Å². The topological polar surface area (TPSA) is 29.5 Å². The lowest BCUT2D eigenvalue weighted by Crippen LogP contribution is -2.33. The number of benzene rings is 1. The Bertz CT molecular complexity index is 443. The average molecular weight is 318 g/mol.